The molecule has 0 amide bonds. The molecule has 2 nitrogen and oxygen atoms in total. The van der Waals surface area contributed by atoms with Crippen LogP contribution in [0.2, 0.25) is 0 Å². The Balaban J connectivity index is 0.00000256. The van der Waals surface area contributed by atoms with E-state index < -0.39 is 30.6 Å². The standard InChI is InChI=1S/C10H11F4NO.ClH/c11-7-3-1-6(2-4-7)9(8(15)5-16)10(12,13)14;/h1-4,8-9,16H,5,15H2;1H/t8-,9?;/m1./s1. The predicted molar refractivity (Wildman–Crippen MR) is 57.5 cm³/mol. The number of hydrogen-bond donors (Lipinski definition) is 2. The van der Waals surface area contributed by atoms with Crippen LogP contribution in [0, 0.1) is 5.82 Å². The minimum absolute atomic E-state index is 0. The molecule has 3 N–H and O–H groups in total. The van der Waals surface area contributed by atoms with Crippen molar-refractivity contribution in [3.05, 3.63) is 35.6 Å². The molecule has 98 valence electrons. The third kappa shape index (κ3) is 4.14. The fourth-order valence-corrected chi connectivity index (χ4v) is 1.45. The van der Waals surface area contributed by atoms with E-state index in [9.17, 15) is 17.6 Å². The average molecular weight is 274 g/mol. The SMILES string of the molecule is Cl.N[C@H](CO)C(c1ccc(F)cc1)C(F)(F)F. The highest BCUT2D eigenvalue weighted by atomic mass is 35.5. The lowest BCUT2D eigenvalue weighted by Gasteiger charge is -2.25. The molecular formula is C10H12ClF4NO. The van der Waals surface area contributed by atoms with Gasteiger partial charge in [0.25, 0.3) is 0 Å². The highest BCUT2D eigenvalue weighted by Gasteiger charge is 2.44. The molecule has 2 atom stereocenters. The van der Waals surface area contributed by atoms with Gasteiger partial charge < -0.3 is 10.8 Å². The van der Waals surface area contributed by atoms with E-state index in [1.807, 2.05) is 0 Å². The molecule has 0 radical (unpaired) electrons. The van der Waals surface area contributed by atoms with Crippen LogP contribution >= 0.6 is 12.4 Å². The van der Waals surface area contributed by atoms with Gasteiger partial charge in [0.2, 0.25) is 0 Å². The minimum atomic E-state index is -4.57. The van der Waals surface area contributed by atoms with E-state index in [1.165, 1.54) is 0 Å². The zero-order valence-electron chi connectivity index (χ0n) is 8.62. The monoisotopic (exact) mass is 273 g/mol. The van der Waals surface area contributed by atoms with Crippen molar-refractivity contribution >= 4 is 12.4 Å². The van der Waals surface area contributed by atoms with Gasteiger partial charge in [0, 0.05) is 6.04 Å². The molecule has 0 aliphatic heterocycles. The van der Waals surface area contributed by atoms with Gasteiger partial charge in [-0.3, -0.25) is 0 Å². The summed E-state index contributed by atoms with van der Waals surface area (Å²) in [5.74, 6) is -2.61. The van der Waals surface area contributed by atoms with E-state index >= 15 is 0 Å². The smallest absolute Gasteiger partial charge is 0.395 e. The number of halogens is 5. The minimum Gasteiger partial charge on any atom is -0.395 e. The Morgan fingerprint density at radius 1 is 1.18 bits per heavy atom. The van der Waals surface area contributed by atoms with E-state index in [1.54, 1.807) is 0 Å². The third-order valence-electron chi connectivity index (χ3n) is 2.22. The highest BCUT2D eigenvalue weighted by molar-refractivity contribution is 5.85. The molecule has 0 saturated carbocycles. The second kappa shape index (κ2) is 6.18. The number of aliphatic hydroxyl groups is 1. The van der Waals surface area contributed by atoms with Crippen molar-refractivity contribution in [1.82, 2.24) is 0 Å². The maximum Gasteiger partial charge on any atom is 0.397 e. The molecule has 0 aromatic heterocycles. The molecule has 17 heavy (non-hydrogen) atoms. The van der Waals surface area contributed by atoms with Crippen LogP contribution in [0.15, 0.2) is 24.3 Å². The fourth-order valence-electron chi connectivity index (χ4n) is 1.45. The van der Waals surface area contributed by atoms with Crippen molar-refractivity contribution in [2.24, 2.45) is 5.73 Å². The van der Waals surface area contributed by atoms with Gasteiger partial charge in [-0.1, -0.05) is 12.1 Å². The summed E-state index contributed by atoms with van der Waals surface area (Å²) in [6, 6.07) is 2.44. The van der Waals surface area contributed by atoms with E-state index in [-0.39, 0.29) is 18.0 Å². The molecule has 0 heterocycles. The second-order valence-electron chi connectivity index (χ2n) is 3.42. The molecule has 0 aliphatic carbocycles. The van der Waals surface area contributed by atoms with Gasteiger partial charge in [-0.25, -0.2) is 4.39 Å². The van der Waals surface area contributed by atoms with Crippen molar-refractivity contribution in [3.63, 3.8) is 0 Å². The molecule has 1 unspecified atom stereocenters. The molecule has 0 aliphatic rings. The fraction of sp³-hybridized carbons (Fsp3) is 0.400. The van der Waals surface area contributed by atoms with Crippen LogP contribution in [0.3, 0.4) is 0 Å². The first-order valence-electron chi connectivity index (χ1n) is 4.55. The van der Waals surface area contributed by atoms with Gasteiger partial charge in [0.05, 0.1) is 12.5 Å². The van der Waals surface area contributed by atoms with Crippen LogP contribution < -0.4 is 5.73 Å². The van der Waals surface area contributed by atoms with Gasteiger partial charge in [-0.15, -0.1) is 12.4 Å². The van der Waals surface area contributed by atoms with E-state index in [2.05, 4.69) is 0 Å². The van der Waals surface area contributed by atoms with Gasteiger partial charge in [-0.05, 0) is 17.7 Å². The van der Waals surface area contributed by atoms with Crippen molar-refractivity contribution in [2.75, 3.05) is 6.61 Å². The van der Waals surface area contributed by atoms with Gasteiger partial charge in [0.15, 0.2) is 0 Å². The van der Waals surface area contributed by atoms with Crippen molar-refractivity contribution in [1.29, 1.82) is 0 Å². The first kappa shape index (κ1) is 16.1. The van der Waals surface area contributed by atoms with Crippen LogP contribution in [0.25, 0.3) is 0 Å². The van der Waals surface area contributed by atoms with Crippen molar-refractivity contribution in [2.45, 2.75) is 18.1 Å². The van der Waals surface area contributed by atoms with E-state index in [0.717, 1.165) is 24.3 Å². The Bertz CT molecular complexity index is 341. The summed E-state index contributed by atoms with van der Waals surface area (Å²) in [4.78, 5) is 0. The Morgan fingerprint density at radius 3 is 2.00 bits per heavy atom. The zero-order valence-corrected chi connectivity index (χ0v) is 9.43. The largest absolute Gasteiger partial charge is 0.397 e. The van der Waals surface area contributed by atoms with Crippen LogP contribution in [0.1, 0.15) is 11.5 Å². The Labute approximate surface area is 102 Å². The lowest BCUT2D eigenvalue weighted by Crippen LogP contribution is -2.40. The van der Waals surface area contributed by atoms with Crippen LogP contribution in [0.5, 0.6) is 0 Å². The van der Waals surface area contributed by atoms with E-state index in [4.69, 9.17) is 10.8 Å². The van der Waals surface area contributed by atoms with Crippen molar-refractivity contribution < 1.29 is 22.7 Å². The van der Waals surface area contributed by atoms with E-state index in [0.29, 0.717) is 0 Å². The van der Waals surface area contributed by atoms with Crippen LogP contribution in [-0.4, -0.2) is 23.9 Å². The highest BCUT2D eigenvalue weighted by Crippen LogP contribution is 2.36. The molecule has 0 fully saturated rings. The summed E-state index contributed by atoms with van der Waals surface area (Å²) in [7, 11) is 0. The van der Waals surface area contributed by atoms with Crippen molar-refractivity contribution in [3.8, 4) is 0 Å². The van der Waals surface area contributed by atoms with Gasteiger partial charge in [0.1, 0.15) is 5.82 Å². The summed E-state index contributed by atoms with van der Waals surface area (Å²) in [5, 5.41) is 8.69. The quantitative estimate of drug-likeness (QED) is 0.830. The summed E-state index contributed by atoms with van der Waals surface area (Å²) in [5.41, 5.74) is 5.05. The summed E-state index contributed by atoms with van der Waals surface area (Å²) in [6.07, 6.45) is -4.57. The Morgan fingerprint density at radius 2 is 1.65 bits per heavy atom. The van der Waals surface area contributed by atoms with Crippen LogP contribution in [-0.2, 0) is 0 Å². The second-order valence-corrected chi connectivity index (χ2v) is 3.42. The first-order chi connectivity index (χ1) is 7.36. The zero-order chi connectivity index (χ0) is 12.3. The summed E-state index contributed by atoms with van der Waals surface area (Å²) < 4.78 is 50.5. The molecule has 0 bridgehead atoms. The molecule has 1 aromatic carbocycles. The topological polar surface area (TPSA) is 46.2 Å². The molecule has 0 spiro atoms. The molecule has 0 saturated heterocycles. The lowest BCUT2D eigenvalue weighted by molar-refractivity contribution is -0.157. The normalized spacial score (nSPS) is 14.9. The maximum atomic E-state index is 12.7. The predicted octanol–water partition coefficient (Wildman–Crippen LogP) is 2.21. The van der Waals surface area contributed by atoms with Gasteiger partial charge in [-0.2, -0.15) is 13.2 Å². The third-order valence-corrected chi connectivity index (χ3v) is 2.22. The summed E-state index contributed by atoms with van der Waals surface area (Å²) >= 11 is 0. The lowest BCUT2D eigenvalue weighted by atomic mass is 9.92. The number of benzene rings is 1. The molecule has 1 aromatic rings. The number of nitrogens with two attached hydrogens (primary N) is 1. The van der Waals surface area contributed by atoms with Crippen LogP contribution in [0.4, 0.5) is 17.6 Å². The molecular weight excluding hydrogens is 262 g/mol. The number of alkyl halides is 3. The summed E-state index contributed by atoms with van der Waals surface area (Å²) in [6.45, 7) is -0.790. The number of rotatable bonds is 3. The first-order valence-corrected chi connectivity index (χ1v) is 4.55. The Hall–Kier alpha value is -0.850. The Kier molecular flexibility index (Phi) is 5.87. The average Bonchev–Trinajstić information content (AvgIpc) is 2.19. The number of hydrogen-bond acceptors (Lipinski definition) is 2. The molecule has 1 rings (SSSR count). The van der Waals surface area contributed by atoms with Gasteiger partial charge >= 0.3 is 6.18 Å². The molecule has 7 heteroatoms. The maximum absolute atomic E-state index is 12.7. The number of aliphatic hydroxyl groups excluding tert-OH is 1.